The Kier molecular flexibility index (Phi) is 5.88. The maximum Gasteiger partial charge on any atom is 0.256 e. The third-order valence-corrected chi connectivity index (χ3v) is 6.62. The standard InChI is InChI=1S/C28H27N3O3/c1-19-8-10-20(11-9-19)17-29-26(32)22-14-12-21(13-15-22)18-31-24-6-3-2-5-23(24)27(33)30-16-4-7-25(30)28(31)34/h2-3,5-6,8-15,25H,4,7,16-18H2,1H3,(H,29,32)/t25-/m1/s1. The number of hydrogen-bond acceptors (Lipinski definition) is 3. The molecule has 6 heteroatoms. The molecule has 0 aromatic heterocycles. The van der Waals surface area contributed by atoms with Crippen LogP contribution in [0.5, 0.6) is 0 Å². The van der Waals surface area contributed by atoms with Crippen molar-refractivity contribution < 1.29 is 14.4 Å². The van der Waals surface area contributed by atoms with Gasteiger partial charge in [0.2, 0.25) is 5.91 Å². The van der Waals surface area contributed by atoms with Gasteiger partial charge in [0.1, 0.15) is 6.04 Å². The summed E-state index contributed by atoms with van der Waals surface area (Å²) in [5.41, 5.74) is 4.90. The summed E-state index contributed by atoms with van der Waals surface area (Å²) in [5, 5.41) is 2.95. The van der Waals surface area contributed by atoms with E-state index in [0.717, 1.165) is 17.5 Å². The number of nitrogens with zero attached hydrogens (tertiary/aromatic N) is 2. The SMILES string of the molecule is Cc1ccc(CNC(=O)c2ccc(CN3C(=O)[C@H]4CCCN4C(=O)c4ccccc43)cc2)cc1. The molecule has 2 aliphatic rings. The quantitative estimate of drug-likeness (QED) is 0.633. The van der Waals surface area contributed by atoms with E-state index in [4.69, 9.17) is 0 Å². The number of carbonyl (C=O) groups is 3. The molecule has 0 saturated carbocycles. The molecule has 5 rings (SSSR count). The number of carbonyl (C=O) groups excluding carboxylic acids is 3. The lowest BCUT2D eigenvalue weighted by Gasteiger charge is -2.26. The lowest BCUT2D eigenvalue weighted by Crippen LogP contribution is -2.44. The van der Waals surface area contributed by atoms with Crippen LogP contribution < -0.4 is 10.2 Å². The van der Waals surface area contributed by atoms with Crippen LogP contribution in [0.1, 0.15) is 50.2 Å². The normalized spacial score (nSPS) is 17.3. The molecule has 6 nitrogen and oxygen atoms in total. The predicted octanol–water partition coefficient (Wildman–Crippen LogP) is 4.08. The molecule has 1 atom stereocenters. The van der Waals surface area contributed by atoms with Gasteiger partial charge >= 0.3 is 0 Å². The van der Waals surface area contributed by atoms with Crippen LogP contribution in [-0.2, 0) is 17.9 Å². The van der Waals surface area contributed by atoms with Crippen LogP contribution in [-0.4, -0.2) is 35.2 Å². The predicted molar refractivity (Wildman–Crippen MR) is 130 cm³/mol. The van der Waals surface area contributed by atoms with E-state index in [1.807, 2.05) is 61.5 Å². The van der Waals surface area contributed by atoms with Crippen molar-refractivity contribution in [3.05, 3.63) is 101 Å². The first kappa shape index (κ1) is 21.9. The van der Waals surface area contributed by atoms with Gasteiger partial charge in [0.05, 0.1) is 17.8 Å². The van der Waals surface area contributed by atoms with Gasteiger partial charge in [-0.1, -0.05) is 54.1 Å². The molecule has 0 bridgehead atoms. The molecule has 3 aromatic rings. The molecule has 3 amide bonds. The van der Waals surface area contributed by atoms with Gasteiger partial charge in [0, 0.05) is 18.7 Å². The fourth-order valence-electron chi connectivity index (χ4n) is 4.71. The van der Waals surface area contributed by atoms with Crippen LogP contribution in [0.3, 0.4) is 0 Å². The van der Waals surface area contributed by atoms with Crippen molar-refractivity contribution >= 4 is 23.4 Å². The molecule has 3 aromatic carbocycles. The molecule has 2 aliphatic heterocycles. The smallest absolute Gasteiger partial charge is 0.256 e. The number of nitrogens with one attached hydrogen (secondary N) is 1. The number of hydrogen-bond donors (Lipinski definition) is 1. The van der Waals surface area contributed by atoms with Crippen molar-refractivity contribution in [2.75, 3.05) is 11.4 Å². The van der Waals surface area contributed by atoms with Gasteiger partial charge in [-0.05, 0) is 55.2 Å². The van der Waals surface area contributed by atoms with E-state index in [1.165, 1.54) is 5.56 Å². The van der Waals surface area contributed by atoms with Gasteiger partial charge in [-0.3, -0.25) is 14.4 Å². The maximum atomic E-state index is 13.4. The largest absolute Gasteiger partial charge is 0.348 e. The highest BCUT2D eigenvalue weighted by molar-refractivity contribution is 6.11. The maximum absolute atomic E-state index is 13.4. The van der Waals surface area contributed by atoms with Crippen molar-refractivity contribution in [1.29, 1.82) is 0 Å². The highest BCUT2D eigenvalue weighted by atomic mass is 16.2. The van der Waals surface area contributed by atoms with Crippen LogP contribution in [0.25, 0.3) is 0 Å². The summed E-state index contributed by atoms with van der Waals surface area (Å²) in [5.74, 6) is -0.263. The highest BCUT2D eigenvalue weighted by Gasteiger charge is 2.41. The Balaban J connectivity index is 1.32. The third-order valence-electron chi connectivity index (χ3n) is 6.62. The Morgan fingerprint density at radius 1 is 0.941 bits per heavy atom. The highest BCUT2D eigenvalue weighted by Crippen LogP contribution is 2.33. The second kappa shape index (κ2) is 9.14. The zero-order valence-corrected chi connectivity index (χ0v) is 19.2. The van der Waals surface area contributed by atoms with E-state index in [9.17, 15) is 14.4 Å². The van der Waals surface area contributed by atoms with Crippen LogP contribution in [0.2, 0.25) is 0 Å². The summed E-state index contributed by atoms with van der Waals surface area (Å²) < 4.78 is 0. The molecular formula is C28H27N3O3. The number of fused-ring (bicyclic) bond motifs is 2. The molecule has 34 heavy (non-hydrogen) atoms. The zero-order chi connectivity index (χ0) is 23.7. The van der Waals surface area contributed by atoms with E-state index in [-0.39, 0.29) is 17.7 Å². The molecule has 1 fully saturated rings. The van der Waals surface area contributed by atoms with Crippen LogP contribution in [0, 0.1) is 6.92 Å². The van der Waals surface area contributed by atoms with Gasteiger partial charge < -0.3 is 15.1 Å². The van der Waals surface area contributed by atoms with Crippen LogP contribution in [0.15, 0.2) is 72.8 Å². The minimum absolute atomic E-state index is 0.0456. The fourth-order valence-corrected chi connectivity index (χ4v) is 4.71. The Morgan fingerprint density at radius 3 is 2.41 bits per heavy atom. The average Bonchev–Trinajstić information content (AvgIpc) is 3.34. The van der Waals surface area contributed by atoms with Gasteiger partial charge in [-0.25, -0.2) is 0 Å². The minimum Gasteiger partial charge on any atom is -0.348 e. The fraction of sp³-hybridized carbons (Fsp3) is 0.250. The van der Waals surface area contributed by atoms with Crippen molar-refractivity contribution in [3.63, 3.8) is 0 Å². The molecule has 0 unspecified atom stereocenters. The van der Waals surface area contributed by atoms with E-state index in [1.54, 1.807) is 28.0 Å². The second-order valence-electron chi connectivity index (χ2n) is 8.96. The van der Waals surface area contributed by atoms with Crippen molar-refractivity contribution in [1.82, 2.24) is 10.2 Å². The Bertz CT molecular complexity index is 1230. The molecule has 1 saturated heterocycles. The van der Waals surface area contributed by atoms with E-state index >= 15 is 0 Å². The number of amides is 3. The summed E-state index contributed by atoms with van der Waals surface area (Å²) in [6.07, 6.45) is 1.53. The van der Waals surface area contributed by atoms with Gasteiger partial charge in [0.15, 0.2) is 0 Å². The van der Waals surface area contributed by atoms with Crippen molar-refractivity contribution in [2.45, 2.75) is 38.9 Å². The average molecular weight is 454 g/mol. The minimum atomic E-state index is -0.410. The summed E-state index contributed by atoms with van der Waals surface area (Å²) in [7, 11) is 0. The van der Waals surface area contributed by atoms with Crippen LogP contribution in [0.4, 0.5) is 5.69 Å². The molecule has 0 aliphatic carbocycles. The second-order valence-corrected chi connectivity index (χ2v) is 8.96. The number of rotatable bonds is 5. The van der Waals surface area contributed by atoms with Crippen molar-refractivity contribution in [2.24, 2.45) is 0 Å². The summed E-state index contributed by atoms with van der Waals surface area (Å²) in [6, 6.07) is 22.3. The van der Waals surface area contributed by atoms with Crippen molar-refractivity contribution in [3.8, 4) is 0 Å². The van der Waals surface area contributed by atoms with E-state index in [0.29, 0.717) is 42.9 Å². The summed E-state index contributed by atoms with van der Waals surface area (Å²) >= 11 is 0. The molecule has 2 heterocycles. The Morgan fingerprint density at radius 2 is 1.65 bits per heavy atom. The lowest BCUT2D eigenvalue weighted by atomic mass is 10.1. The first-order valence-corrected chi connectivity index (χ1v) is 11.7. The third kappa shape index (κ3) is 4.19. The Hall–Kier alpha value is -3.93. The molecular weight excluding hydrogens is 426 g/mol. The van der Waals surface area contributed by atoms with Gasteiger partial charge in [-0.2, -0.15) is 0 Å². The summed E-state index contributed by atoms with van der Waals surface area (Å²) in [6.45, 7) is 3.46. The van der Waals surface area contributed by atoms with E-state index < -0.39 is 6.04 Å². The first-order chi connectivity index (χ1) is 16.5. The van der Waals surface area contributed by atoms with Crippen LogP contribution >= 0.6 is 0 Å². The van der Waals surface area contributed by atoms with Gasteiger partial charge in [-0.15, -0.1) is 0 Å². The van der Waals surface area contributed by atoms with E-state index in [2.05, 4.69) is 5.32 Å². The molecule has 172 valence electrons. The molecule has 0 radical (unpaired) electrons. The molecule has 0 spiro atoms. The number of para-hydroxylation sites is 1. The number of aryl methyl sites for hydroxylation is 1. The molecule has 1 N–H and O–H groups in total. The first-order valence-electron chi connectivity index (χ1n) is 11.7. The number of anilines is 1. The lowest BCUT2D eigenvalue weighted by molar-refractivity contribution is -0.122. The van der Waals surface area contributed by atoms with Gasteiger partial charge in [0.25, 0.3) is 11.8 Å². The monoisotopic (exact) mass is 453 g/mol. The zero-order valence-electron chi connectivity index (χ0n) is 19.2. The Labute approximate surface area is 199 Å². The number of benzene rings is 3. The topological polar surface area (TPSA) is 69.7 Å². The summed E-state index contributed by atoms with van der Waals surface area (Å²) in [4.78, 5) is 42.5.